The number of nitrogens with zero attached hydrogens (tertiary/aromatic N) is 1. The van der Waals surface area contributed by atoms with E-state index >= 15 is 0 Å². The van der Waals surface area contributed by atoms with Crippen LogP contribution in [-0.4, -0.2) is 10.8 Å². The molecule has 0 atom stereocenters. The lowest BCUT2D eigenvalue weighted by Gasteiger charge is -2.09. The minimum Gasteiger partial charge on any atom is -0.294 e. The zero-order valence-electron chi connectivity index (χ0n) is 10.7. The van der Waals surface area contributed by atoms with Gasteiger partial charge in [0.15, 0.2) is 5.78 Å². The Bertz CT molecular complexity index is 635. The molecule has 20 heavy (non-hydrogen) atoms. The molecule has 0 aliphatic rings. The Morgan fingerprint density at radius 3 is 2.65 bits per heavy atom. The summed E-state index contributed by atoms with van der Waals surface area (Å²) in [5.41, 5.74) is 0.803. The van der Waals surface area contributed by atoms with Gasteiger partial charge < -0.3 is 0 Å². The van der Waals surface area contributed by atoms with Crippen molar-refractivity contribution in [1.29, 1.82) is 0 Å². The second-order valence-corrected chi connectivity index (χ2v) is 4.49. The van der Waals surface area contributed by atoms with E-state index < -0.39 is 11.7 Å². The molecule has 1 heterocycles. The first-order valence-electron chi connectivity index (χ1n) is 5.98. The fraction of sp³-hybridized carbons (Fsp3) is 0.200. The van der Waals surface area contributed by atoms with Crippen LogP contribution in [0.2, 0.25) is 0 Å². The van der Waals surface area contributed by atoms with Gasteiger partial charge in [0, 0.05) is 24.4 Å². The lowest BCUT2D eigenvalue weighted by Crippen LogP contribution is -2.09. The highest BCUT2D eigenvalue weighted by molar-refractivity contribution is 5.98. The standard InChI is InChI=1S/C15H12F3NO/c1-10-9-19-6-5-13(10)14(20)8-11-3-2-4-12(7-11)15(16,17)18/h2-7,9H,8H2,1H3. The average molecular weight is 279 g/mol. The van der Waals surface area contributed by atoms with Gasteiger partial charge in [0.05, 0.1) is 5.56 Å². The Labute approximate surface area is 114 Å². The van der Waals surface area contributed by atoms with E-state index in [0.29, 0.717) is 16.7 Å². The van der Waals surface area contributed by atoms with Gasteiger partial charge in [-0.3, -0.25) is 9.78 Å². The molecule has 0 radical (unpaired) electrons. The molecule has 1 aromatic heterocycles. The number of benzene rings is 1. The number of pyridine rings is 1. The third kappa shape index (κ3) is 3.23. The number of aryl methyl sites for hydroxylation is 1. The molecule has 0 bridgehead atoms. The fourth-order valence-corrected chi connectivity index (χ4v) is 1.92. The number of alkyl halides is 3. The molecule has 1 aromatic carbocycles. The van der Waals surface area contributed by atoms with E-state index in [1.54, 1.807) is 19.2 Å². The Morgan fingerprint density at radius 2 is 2.00 bits per heavy atom. The Kier molecular flexibility index (Phi) is 3.88. The lowest BCUT2D eigenvalue weighted by molar-refractivity contribution is -0.137. The summed E-state index contributed by atoms with van der Waals surface area (Å²) in [5.74, 6) is -0.218. The molecule has 0 unspecified atom stereocenters. The maximum atomic E-state index is 12.6. The summed E-state index contributed by atoms with van der Waals surface area (Å²) in [4.78, 5) is 16.0. The van der Waals surface area contributed by atoms with E-state index in [-0.39, 0.29) is 12.2 Å². The summed E-state index contributed by atoms with van der Waals surface area (Å²) in [7, 11) is 0. The molecule has 2 rings (SSSR count). The van der Waals surface area contributed by atoms with Crippen LogP contribution in [0.4, 0.5) is 13.2 Å². The van der Waals surface area contributed by atoms with E-state index in [0.717, 1.165) is 12.1 Å². The quantitative estimate of drug-likeness (QED) is 0.799. The SMILES string of the molecule is Cc1cnccc1C(=O)Cc1cccc(C(F)(F)F)c1. The zero-order chi connectivity index (χ0) is 14.8. The summed E-state index contributed by atoms with van der Waals surface area (Å²) in [6, 6.07) is 6.40. The van der Waals surface area contributed by atoms with E-state index in [1.807, 2.05) is 0 Å². The predicted molar refractivity (Wildman–Crippen MR) is 68.5 cm³/mol. The molecule has 0 saturated carbocycles. The van der Waals surface area contributed by atoms with Crippen molar-refractivity contribution in [3.63, 3.8) is 0 Å². The van der Waals surface area contributed by atoms with E-state index in [9.17, 15) is 18.0 Å². The topological polar surface area (TPSA) is 30.0 Å². The van der Waals surface area contributed by atoms with Crippen LogP contribution in [0.5, 0.6) is 0 Å². The summed E-state index contributed by atoms with van der Waals surface area (Å²) in [5, 5.41) is 0. The van der Waals surface area contributed by atoms with Gasteiger partial charge >= 0.3 is 6.18 Å². The van der Waals surface area contributed by atoms with Gasteiger partial charge in [0.1, 0.15) is 0 Å². The maximum absolute atomic E-state index is 12.6. The molecule has 0 spiro atoms. The first-order chi connectivity index (χ1) is 9.38. The van der Waals surface area contributed by atoms with E-state index in [2.05, 4.69) is 4.98 Å². The highest BCUT2D eigenvalue weighted by Crippen LogP contribution is 2.29. The Hall–Kier alpha value is -2.17. The van der Waals surface area contributed by atoms with Gasteiger partial charge in [0.2, 0.25) is 0 Å². The minimum atomic E-state index is -4.40. The first-order valence-corrected chi connectivity index (χ1v) is 5.98. The number of halogens is 3. The average Bonchev–Trinajstić information content (AvgIpc) is 2.38. The third-order valence-electron chi connectivity index (χ3n) is 2.94. The van der Waals surface area contributed by atoms with Crippen molar-refractivity contribution in [2.24, 2.45) is 0 Å². The molecule has 104 valence electrons. The maximum Gasteiger partial charge on any atom is 0.416 e. The van der Waals surface area contributed by atoms with Gasteiger partial charge in [0.25, 0.3) is 0 Å². The Morgan fingerprint density at radius 1 is 1.25 bits per heavy atom. The highest BCUT2D eigenvalue weighted by Gasteiger charge is 2.30. The predicted octanol–water partition coefficient (Wildman–Crippen LogP) is 3.83. The van der Waals surface area contributed by atoms with Crippen LogP contribution >= 0.6 is 0 Å². The van der Waals surface area contributed by atoms with E-state index in [4.69, 9.17) is 0 Å². The number of hydrogen-bond donors (Lipinski definition) is 0. The number of carbonyl (C=O) groups is 1. The van der Waals surface area contributed by atoms with Crippen molar-refractivity contribution < 1.29 is 18.0 Å². The molecule has 0 aliphatic heterocycles. The molecular formula is C15H12F3NO. The van der Waals surface area contributed by atoms with Gasteiger partial charge in [-0.25, -0.2) is 0 Å². The van der Waals surface area contributed by atoms with Crippen molar-refractivity contribution in [2.45, 2.75) is 19.5 Å². The molecule has 0 saturated heterocycles. The van der Waals surface area contributed by atoms with Gasteiger partial charge in [-0.05, 0) is 30.2 Å². The van der Waals surface area contributed by atoms with Crippen LogP contribution in [0.25, 0.3) is 0 Å². The first kappa shape index (κ1) is 14.2. The Balaban J connectivity index is 2.23. The van der Waals surface area contributed by atoms with Crippen LogP contribution in [0.1, 0.15) is 27.0 Å². The second-order valence-electron chi connectivity index (χ2n) is 4.49. The molecule has 0 fully saturated rings. The van der Waals surface area contributed by atoms with Crippen LogP contribution in [0.15, 0.2) is 42.7 Å². The van der Waals surface area contributed by atoms with Crippen molar-refractivity contribution in [1.82, 2.24) is 4.98 Å². The highest BCUT2D eigenvalue weighted by atomic mass is 19.4. The summed E-state index contributed by atoms with van der Waals surface area (Å²) in [6.45, 7) is 1.74. The van der Waals surface area contributed by atoms with Crippen molar-refractivity contribution in [3.05, 3.63) is 65.0 Å². The largest absolute Gasteiger partial charge is 0.416 e. The van der Waals surface area contributed by atoms with Gasteiger partial charge in [-0.15, -0.1) is 0 Å². The van der Waals surface area contributed by atoms with Crippen molar-refractivity contribution >= 4 is 5.78 Å². The molecule has 0 N–H and O–H groups in total. The number of Topliss-reactive ketones (excluding diaryl/α,β-unsaturated/α-hetero) is 1. The zero-order valence-corrected chi connectivity index (χ0v) is 10.7. The second kappa shape index (κ2) is 5.45. The number of rotatable bonds is 3. The molecule has 0 amide bonds. The number of carbonyl (C=O) groups excluding carboxylic acids is 1. The number of hydrogen-bond acceptors (Lipinski definition) is 2. The minimum absolute atomic E-state index is 0.0607. The molecule has 0 aliphatic carbocycles. The van der Waals surface area contributed by atoms with Crippen LogP contribution in [0, 0.1) is 6.92 Å². The molecule has 5 heteroatoms. The van der Waals surface area contributed by atoms with Crippen LogP contribution < -0.4 is 0 Å². The summed E-state index contributed by atoms with van der Waals surface area (Å²) >= 11 is 0. The normalized spacial score (nSPS) is 11.4. The smallest absolute Gasteiger partial charge is 0.294 e. The van der Waals surface area contributed by atoms with E-state index in [1.165, 1.54) is 18.3 Å². The van der Waals surface area contributed by atoms with Crippen LogP contribution in [0.3, 0.4) is 0 Å². The summed E-state index contributed by atoms with van der Waals surface area (Å²) < 4.78 is 37.8. The van der Waals surface area contributed by atoms with Gasteiger partial charge in [-0.1, -0.05) is 18.2 Å². The number of ketones is 1. The van der Waals surface area contributed by atoms with Crippen molar-refractivity contribution in [2.75, 3.05) is 0 Å². The summed E-state index contributed by atoms with van der Waals surface area (Å²) in [6.07, 6.45) is -1.41. The van der Waals surface area contributed by atoms with Crippen molar-refractivity contribution in [3.8, 4) is 0 Å². The molecule has 2 nitrogen and oxygen atoms in total. The molecular weight excluding hydrogens is 267 g/mol. The third-order valence-corrected chi connectivity index (χ3v) is 2.94. The lowest BCUT2D eigenvalue weighted by atomic mass is 9.99. The number of aromatic nitrogens is 1. The monoisotopic (exact) mass is 279 g/mol. The molecule has 2 aromatic rings. The van der Waals surface area contributed by atoms with Gasteiger partial charge in [-0.2, -0.15) is 13.2 Å². The van der Waals surface area contributed by atoms with Crippen LogP contribution in [-0.2, 0) is 12.6 Å². The fourth-order valence-electron chi connectivity index (χ4n) is 1.92.